The van der Waals surface area contributed by atoms with Crippen LogP contribution in [0, 0.1) is 6.92 Å². The predicted octanol–water partition coefficient (Wildman–Crippen LogP) is 3.53. The molecule has 1 unspecified atom stereocenters. The van der Waals surface area contributed by atoms with Crippen molar-refractivity contribution in [3.05, 3.63) is 75.7 Å². The van der Waals surface area contributed by atoms with Crippen LogP contribution in [0.25, 0.3) is 10.4 Å². The maximum atomic E-state index is 12.9. The van der Waals surface area contributed by atoms with Crippen molar-refractivity contribution in [2.75, 3.05) is 11.9 Å². The molecule has 2 aromatic carbocycles. The second-order valence-corrected chi connectivity index (χ2v) is 5.10. The van der Waals surface area contributed by atoms with Crippen LogP contribution in [0.2, 0.25) is 0 Å². The summed E-state index contributed by atoms with van der Waals surface area (Å²) in [5, 5.41) is 3.95. The number of nitrogens with zero attached hydrogens (tertiary/aromatic N) is 4. The van der Waals surface area contributed by atoms with Gasteiger partial charge in [0.25, 0.3) is 0 Å². The molecule has 1 aliphatic rings. The minimum absolute atomic E-state index is 0.226. The summed E-state index contributed by atoms with van der Waals surface area (Å²) in [4.78, 5) is 17.4. The van der Waals surface area contributed by atoms with Crippen LogP contribution >= 0.6 is 0 Å². The highest BCUT2D eigenvalue weighted by atomic mass is 16.2. The average molecular weight is 278 g/mol. The molecule has 0 aliphatic carbocycles. The van der Waals surface area contributed by atoms with E-state index in [2.05, 4.69) is 10.0 Å². The van der Waals surface area contributed by atoms with Crippen molar-refractivity contribution in [3.8, 4) is 0 Å². The minimum Gasteiger partial charge on any atom is -0.314 e. The highest BCUT2D eigenvalue weighted by Gasteiger charge is 2.51. The highest BCUT2D eigenvalue weighted by molar-refractivity contribution is 6.10. The van der Waals surface area contributed by atoms with E-state index in [1.165, 1.54) is 0 Å². The number of anilines is 1. The molecular weight excluding hydrogens is 264 g/mol. The van der Waals surface area contributed by atoms with Crippen LogP contribution in [0.3, 0.4) is 0 Å². The highest BCUT2D eigenvalue weighted by Crippen LogP contribution is 2.47. The predicted molar refractivity (Wildman–Crippen MR) is 81.0 cm³/mol. The van der Waals surface area contributed by atoms with Crippen LogP contribution in [0.1, 0.15) is 16.7 Å². The van der Waals surface area contributed by atoms with Gasteiger partial charge in [-0.2, -0.15) is 0 Å². The van der Waals surface area contributed by atoms with Gasteiger partial charge < -0.3 is 4.90 Å². The Labute approximate surface area is 122 Å². The first kappa shape index (κ1) is 13.2. The number of rotatable bonds is 2. The number of fused-ring (bicyclic) bond motifs is 1. The van der Waals surface area contributed by atoms with Crippen LogP contribution in [-0.4, -0.2) is 13.0 Å². The first-order chi connectivity index (χ1) is 10.1. The molecule has 0 radical (unpaired) electrons. The van der Waals surface area contributed by atoms with Crippen molar-refractivity contribution in [2.45, 2.75) is 12.5 Å². The van der Waals surface area contributed by atoms with E-state index in [1.54, 1.807) is 11.9 Å². The lowest BCUT2D eigenvalue weighted by molar-refractivity contribution is -0.121. The first-order valence-electron chi connectivity index (χ1n) is 6.63. The Morgan fingerprint density at radius 2 is 1.71 bits per heavy atom. The van der Waals surface area contributed by atoms with E-state index in [1.807, 2.05) is 55.5 Å². The van der Waals surface area contributed by atoms with E-state index in [0.717, 1.165) is 22.4 Å². The zero-order chi connectivity index (χ0) is 15.0. The van der Waals surface area contributed by atoms with Gasteiger partial charge in [0.2, 0.25) is 5.91 Å². The van der Waals surface area contributed by atoms with E-state index >= 15 is 0 Å². The van der Waals surface area contributed by atoms with Gasteiger partial charge in [0.05, 0.1) is 0 Å². The van der Waals surface area contributed by atoms with E-state index in [4.69, 9.17) is 5.53 Å². The molecule has 104 valence electrons. The lowest BCUT2D eigenvalue weighted by atomic mass is 9.82. The molecule has 3 rings (SSSR count). The average Bonchev–Trinajstić information content (AvgIpc) is 2.72. The molecule has 1 atom stereocenters. The number of hydrogen-bond acceptors (Lipinski definition) is 2. The van der Waals surface area contributed by atoms with Crippen LogP contribution < -0.4 is 4.90 Å². The van der Waals surface area contributed by atoms with Crippen molar-refractivity contribution in [3.63, 3.8) is 0 Å². The number of hydrogen-bond donors (Lipinski definition) is 0. The topological polar surface area (TPSA) is 69.1 Å². The molecule has 1 amide bonds. The summed E-state index contributed by atoms with van der Waals surface area (Å²) in [5.74, 6) is -0.226. The smallest absolute Gasteiger partial charge is 0.247 e. The fraction of sp³-hybridized carbons (Fsp3) is 0.188. The Bertz CT molecular complexity index is 779. The summed E-state index contributed by atoms with van der Waals surface area (Å²) >= 11 is 0. The summed E-state index contributed by atoms with van der Waals surface area (Å²) in [6, 6.07) is 14.9. The van der Waals surface area contributed by atoms with Gasteiger partial charge in [-0.05, 0) is 29.6 Å². The van der Waals surface area contributed by atoms with Crippen molar-refractivity contribution >= 4 is 11.6 Å². The summed E-state index contributed by atoms with van der Waals surface area (Å²) in [6.45, 7) is 1.91. The van der Waals surface area contributed by atoms with Crippen molar-refractivity contribution in [2.24, 2.45) is 5.11 Å². The summed E-state index contributed by atoms with van der Waals surface area (Å²) in [6.07, 6.45) is 0. The Morgan fingerprint density at radius 3 is 2.38 bits per heavy atom. The van der Waals surface area contributed by atoms with E-state index in [-0.39, 0.29) is 5.91 Å². The Kier molecular flexibility index (Phi) is 2.92. The zero-order valence-corrected chi connectivity index (χ0v) is 11.8. The van der Waals surface area contributed by atoms with Crippen LogP contribution in [0.15, 0.2) is 53.6 Å². The second kappa shape index (κ2) is 4.65. The number of carbonyl (C=O) groups excluding carboxylic acids is 1. The summed E-state index contributed by atoms with van der Waals surface area (Å²) in [7, 11) is 1.70. The Morgan fingerprint density at radius 1 is 1.10 bits per heavy atom. The minimum atomic E-state index is -1.31. The van der Waals surface area contributed by atoms with Gasteiger partial charge in [-0.3, -0.25) is 4.79 Å². The number of likely N-dealkylation sites (N-methyl/N-ethyl adjacent to an activating group) is 1. The molecule has 0 aromatic heterocycles. The summed E-state index contributed by atoms with van der Waals surface area (Å²) < 4.78 is 0. The van der Waals surface area contributed by atoms with Gasteiger partial charge in [0, 0.05) is 23.2 Å². The molecule has 0 spiro atoms. The zero-order valence-electron chi connectivity index (χ0n) is 11.8. The molecule has 1 aliphatic heterocycles. The third kappa shape index (κ3) is 1.65. The van der Waals surface area contributed by atoms with Crippen LogP contribution in [-0.2, 0) is 10.3 Å². The number of amides is 1. The standard InChI is InChI=1S/C16H14N4O/c1-11-7-3-4-8-12(11)16(18-19-17)13-9-5-6-10-14(13)20(2)15(16)21/h3-10H,1-2H3. The van der Waals surface area contributed by atoms with Gasteiger partial charge >= 0.3 is 0 Å². The molecule has 0 bridgehead atoms. The molecular formula is C16H14N4O. The lowest BCUT2D eigenvalue weighted by Crippen LogP contribution is -2.38. The molecule has 0 saturated heterocycles. The second-order valence-electron chi connectivity index (χ2n) is 5.10. The molecule has 2 aromatic rings. The van der Waals surface area contributed by atoms with Gasteiger partial charge in [-0.1, -0.05) is 47.6 Å². The number of benzene rings is 2. The van der Waals surface area contributed by atoms with Crippen molar-refractivity contribution in [1.82, 2.24) is 0 Å². The van der Waals surface area contributed by atoms with Gasteiger partial charge in [-0.15, -0.1) is 0 Å². The number of para-hydroxylation sites is 1. The van der Waals surface area contributed by atoms with E-state index < -0.39 is 5.54 Å². The van der Waals surface area contributed by atoms with E-state index in [0.29, 0.717) is 0 Å². The first-order valence-corrected chi connectivity index (χ1v) is 6.63. The molecule has 5 nitrogen and oxygen atoms in total. The fourth-order valence-corrected chi connectivity index (χ4v) is 3.00. The summed E-state index contributed by atoms with van der Waals surface area (Å²) in [5.41, 5.74) is 10.9. The normalized spacial score (nSPS) is 20.1. The Hall–Kier alpha value is -2.78. The molecule has 0 saturated carbocycles. The fourth-order valence-electron chi connectivity index (χ4n) is 3.00. The third-order valence-corrected chi connectivity index (χ3v) is 4.00. The molecule has 5 heteroatoms. The molecule has 1 heterocycles. The Balaban J connectivity index is 2.41. The van der Waals surface area contributed by atoms with Gasteiger partial charge in [-0.25, -0.2) is 0 Å². The van der Waals surface area contributed by atoms with Crippen molar-refractivity contribution < 1.29 is 4.79 Å². The maximum Gasteiger partial charge on any atom is 0.247 e. The van der Waals surface area contributed by atoms with Crippen LogP contribution in [0.4, 0.5) is 5.69 Å². The maximum absolute atomic E-state index is 12.9. The monoisotopic (exact) mass is 278 g/mol. The third-order valence-electron chi connectivity index (χ3n) is 4.00. The van der Waals surface area contributed by atoms with Crippen LogP contribution in [0.5, 0.6) is 0 Å². The number of azide groups is 1. The molecule has 21 heavy (non-hydrogen) atoms. The van der Waals surface area contributed by atoms with E-state index in [9.17, 15) is 4.79 Å². The molecule has 0 N–H and O–H groups in total. The SMILES string of the molecule is Cc1ccccc1C1(N=[N+]=[N-])C(=O)N(C)c2ccccc21. The quantitative estimate of drug-likeness (QED) is 0.470. The molecule has 0 fully saturated rings. The number of aryl methyl sites for hydroxylation is 1. The van der Waals surface area contributed by atoms with Crippen molar-refractivity contribution in [1.29, 1.82) is 0 Å². The lowest BCUT2D eigenvalue weighted by Gasteiger charge is -2.25. The largest absolute Gasteiger partial charge is 0.314 e. The van der Waals surface area contributed by atoms with Gasteiger partial charge in [0.15, 0.2) is 5.54 Å². The number of carbonyl (C=O) groups is 1. The van der Waals surface area contributed by atoms with Gasteiger partial charge in [0.1, 0.15) is 0 Å².